The summed E-state index contributed by atoms with van der Waals surface area (Å²) in [6.07, 6.45) is -4.32. The molecule has 128 valence electrons. The van der Waals surface area contributed by atoms with Gasteiger partial charge in [-0.05, 0) is 42.3 Å². The fourth-order valence-electron chi connectivity index (χ4n) is 2.29. The lowest BCUT2D eigenvalue weighted by atomic mass is 10.1. The minimum atomic E-state index is -4.32. The van der Waals surface area contributed by atoms with E-state index in [2.05, 4.69) is 10.6 Å². The Labute approximate surface area is 138 Å². The van der Waals surface area contributed by atoms with E-state index in [9.17, 15) is 18.0 Å². The van der Waals surface area contributed by atoms with E-state index in [0.29, 0.717) is 12.2 Å². The average molecular weight is 336 g/mol. The summed E-state index contributed by atoms with van der Waals surface area (Å²) in [7, 11) is 0. The van der Waals surface area contributed by atoms with E-state index in [1.54, 1.807) is 6.07 Å². The van der Waals surface area contributed by atoms with E-state index in [4.69, 9.17) is 0 Å². The standard InChI is InChI=1S/C18H19F3N2O/c1-12(15-4-3-5-17(10-15)23-13(2)24)22-11-14-6-8-16(9-7-14)18(19,20)21/h3-10,12,22H,11H2,1-2H3,(H,23,24). The van der Waals surface area contributed by atoms with Crippen LogP contribution in [0.5, 0.6) is 0 Å². The first kappa shape index (κ1) is 18.0. The predicted octanol–water partition coefficient (Wildman–Crippen LogP) is 4.51. The number of hydrogen-bond donors (Lipinski definition) is 2. The van der Waals surface area contributed by atoms with Crippen LogP contribution in [-0.2, 0) is 17.5 Å². The third kappa shape index (κ3) is 5.09. The van der Waals surface area contributed by atoms with Crippen LogP contribution >= 0.6 is 0 Å². The molecular formula is C18H19F3N2O. The van der Waals surface area contributed by atoms with Crippen molar-refractivity contribution in [2.75, 3.05) is 5.32 Å². The number of halogens is 3. The maximum Gasteiger partial charge on any atom is 0.416 e. The Morgan fingerprint density at radius 3 is 2.38 bits per heavy atom. The molecule has 2 N–H and O–H groups in total. The molecule has 3 nitrogen and oxygen atoms in total. The molecule has 0 aliphatic rings. The van der Waals surface area contributed by atoms with Gasteiger partial charge in [-0.2, -0.15) is 13.2 Å². The Bertz CT molecular complexity index is 696. The predicted molar refractivity (Wildman–Crippen MR) is 87.4 cm³/mol. The van der Waals surface area contributed by atoms with Crippen molar-refractivity contribution in [3.8, 4) is 0 Å². The van der Waals surface area contributed by atoms with E-state index in [0.717, 1.165) is 23.3 Å². The van der Waals surface area contributed by atoms with E-state index >= 15 is 0 Å². The van der Waals surface area contributed by atoms with E-state index in [1.807, 2.05) is 25.1 Å². The van der Waals surface area contributed by atoms with E-state index in [1.165, 1.54) is 19.1 Å². The molecule has 0 aliphatic heterocycles. The van der Waals surface area contributed by atoms with Gasteiger partial charge in [0, 0.05) is 25.2 Å². The van der Waals surface area contributed by atoms with Crippen molar-refractivity contribution >= 4 is 11.6 Å². The monoisotopic (exact) mass is 336 g/mol. The summed E-state index contributed by atoms with van der Waals surface area (Å²) in [5.41, 5.74) is 1.81. The molecule has 2 aromatic rings. The molecular weight excluding hydrogens is 317 g/mol. The molecule has 2 rings (SSSR count). The minimum Gasteiger partial charge on any atom is -0.326 e. The van der Waals surface area contributed by atoms with Crippen molar-refractivity contribution < 1.29 is 18.0 Å². The van der Waals surface area contributed by atoms with Crippen molar-refractivity contribution in [1.29, 1.82) is 0 Å². The fourth-order valence-corrected chi connectivity index (χ4v) is 2.29. The van der Waals surface area contributed by atoms with Crippen LogP contribution < -0.4 is 10.6 Å². The molecule has 1 amide bonds. The number of anilines is 1. The molecule has 0 aromatic heterocycles. The molecule has 0 aliphatic carbocycles. The molecule has 6 heteroatoms. The van der Waals surface area contributed by atoms with E-state index in [-0.39, 0.29) is 11.9 Å². The maximum atomic E-state index is 12.5. The van der Waals surface area contributed by atoms with Crippen LogP contribution in [0, 0.1) is 0 Å². The van der Waals surface area contributed by atoms with Crippen molar-refractivity contribution in [2.24, 2.45) is 0 Å². The van der Waals surface area contributed by atoms with Gasteiger partial charge in [0.05, 0.1) is 5.56 Å². The molecule has 0 bridgehead atoms. The lowest BCUT2D eigenvalue weighted by Gasteiger charge is -2.16. The highest BCUT2D eigenvalue weighted by Gasteiger charge is 2.29. The van der Waals surface area contributed by atoms with E-state index < -0.39 is 11.7 Å². The summed E-state index contributed by atoms with van der Waals surface area (Å²) in [5, 5.41) is 5.98. The maximum absolute atomic E-state index is 12.5. The highest BCUT2D eigenvalue weighted by Crippen LogP contribution is 2.29. The van der Waals surface area contributed by atoms with Crippen LogP contribution in [0.2, 0.25) is 0 Å². The van der Waals surface area contributed by atoms with Crippen molar-refractivity contribution in [2.45, 2.75) is 32.6 Å². The molecule has 1 unspecified atom stereocenters. The summed E-state index contributed by atoms with van der Waals surface area (Å²) in [4.78, 5) is 11.1. The first-order valence-electron chi connectivity index (χ1n) is 7.53. The SMILES string of the molecule is CC(=O)Nc1cccc(C(C)NCc2ccc(C(F)(F)F)cc2)c1. The van der Waals surface area contributed by atoms with Crippen molar-refractivity contribution in [3.05, 3.63) is 65.2 Å². The van der Waals surface area contributed by atoms with Crippen LogP contribution in [0.25, 0.3) is 0 Å². The minimum absolute atomic E-state index is 0.0130. The van der Waals surface area contributed by atoms with Gasteiger partial charge < -0.3 is 10.6 Å². The van der Waals surface area contributed by atoms with Gasteiger partial charge in [0.15, 0.2) is 0 Å². The number of alkyl halides is 3. The van der Waals surface area contributed by atoms with Gasteiger partial charge in [0.2, 0.25) is 5.91 Å². The molecule has 0 saturated carbocycles. The van der Waals surface area contributed by atoms with Crippen LogP contribution in [0.4, 0.5) is 18.9 Å². The topological polar surface area (TPSA) is 41.1 Å². The van der Waals surface area contributed by atoms with Crippen molar-refractivity contribution in [1.82, 2.24) is 5.32 Å². The third-order valence-corrected chi connectivity index (χ3v) is 3.60. The van der Waals surface area contributed by atoms with Crippen molar-refractivity contribution in [3.63, 3.8) is 0 Å². The molecule has 24 heavy (non-hydrogen) atoms. The number of hydrogen-bond acceptors (Lipinski definition) is 2. The summed E-state index contributed by atoms with van der Waals surface area (Å²) in [5.74, 6) is -0.141. The molecule has 0 fully saturated rings. The lowest BCUT2D eigenvalue weighted by Crippen LogP contribution is -2.18. The van der Waals surface area contributed by atoms with Gasteiger partial charge in [0.1, 0.15) is 0 Å². The van der Waals surface area contributed by atoms with Gasteiger partial charge in [-0.15, -0.1) is 0 Å². The second kappa shape index (κ2) is 7.49. The summed E-state index contributed by atoms with van der Waals surface area (Å²) < 4.78 is 37.6. The normalized spacial score (nSPS) is 12.7. The zero-order valence-corrected chi connectivity index (χ0v) is 13.4. The number of carbonyl (C=O) groups excluding carboxylic acids is 1. The van der Waals surface area contributed by atoms with Gasteiger partial charge in [-0.1, -0.05) is 24.3 Å². The third-order valence-electron chi connectivity index (χ3n) is 3.60. The first-order chi connectivity index (χ1) is 11.3. The molecule has 0 saturated heterocycles. The molecule has 0 radical (unpaired) electrons. The van der Waals surface area contributed by atoms with Crippen LogP contribution in [0.1, 0.15) is 36.6 Å². The van der Waals surface area contributed by atoms with Crippen LogP contribution in [0.15, 0.2) is 48.5 Å². The zero-order valence-electron chi connectivity index (χ0n) is 13.4. The van der Waals surface area contributed by atoms with Gasteiger partial charge >= 0.3 is 6.18 Å². The van der Waals surface area contributed by atoms with Gasteiger partial charge in [-0.25, -0.2) is 0 Å². The lowest BCUT2D eigenvalue weighted by molar-refractivity contribution is -0.137. The highest BCUT2D eigenvalue weighted by molar-refractivity contribution is 5.88. The van der Waals surface area contributed by atoms with Gasteiger partial charge in [0.25, 0.3) is 0 Å². The number of benzene rings is 2. The number of amides is 1. The quantitative estimate of drug-likeness (QED) is 0.843. The first-order valence-corrected chi connectivity index (χ1v) is 7.53. The number of carbonyl (C=O) groups is 1. The second-order valence-corrected chi connectivity index (χ2v) is 5.60. The molecule has 0 spiro atoms. The Morgan fingerprint density at radius 2 is 1.79 bits per heavy atom. The van der Waals surface area contributed by atoms with Gasteiger partial charge in [-0.3, -0.25) is 4.79 Å². The summed E-state index contributed by atoms with van der Waals surface area (Å²) in [6.45, 7) is 3.85. The smallest absolute Gasteiger partial charge is 0.326 e. The molecule has 0 heterocycles. The summed E-state index contributed by atoms with van der Waals surface area (Å²) in [6, 6.07) is 12.5. The number of nitrogens with one attached hydrogen (secondary N) is 2. The molecule has 1 atom stereocenters. The Morgan fingerprint density at radius 1 is 1.12 bits per heavy atom. The Balaban J connectivity index is 1.98. The second-order valence-electron chi connectivity index (χ2n) is 5.60. The summed E-state index contributed by atoms with van der Waals surface area (Å²) >= 11 is 0. The van der Waals surface area contributed by atoms with Crippen LogP contribution in [0.3, 0.4) is 0 Å². The molecule has 2 aromatic carbocycles. The zero-order chi connectivity index (χ0) is 17.7. The Hall–Kier alpha value is -2.34. The van der Waals surface area contributed by atoms with Crippen LogP contribution in [-0.4, -0.2) is 5.91 Å². The Kier molecular flexibility index (Phi) is 5.62. The number of rotatable bonds is 5. The fraction of sp³-hybridized carbons (Fsp3) is 0.278. The largest absolute Gasteiger partial charge is 0.416 e. The average Bonchev–Trinajstić information content (AvgIpc) is 2.52. The highest BCUT2D eigenvalue weighted by atomic mass is 19.4.